The zero-order chi connectivity index (χ0) is 26.6. The lowest BCUT2D eigenvalue weighted by atomic mass is 9.68. The SMILES string of the molecule is CCCC(C)(CC(C)(CCCCCCC(=O)O)C(=O)O)C(=O)OC(c1ccccc1)c1ccccc1. The molecule has 0 spiro atoms. The molecule has 0 aliphatic carbocycles. The van der Waals surface area contributed by atoms with E-state index in [-0.39, 0.29) is 12.8 Å². The van der Waals surface area contributed by atoms with Crippen LogP contribution in [0.1, 0.15) is 95.8 Å². The van der Waals surface area contributed by atoms with E-state index >= 15 is 0 Å². The summed E-state index contributed by atoms with van der Waals surface area (Å²) in [4.78, 5) is 36.8. The van der Waals surface area contributed by atoms with Crippen molar-refractivity contribution in [3.63, 3.8) is 0 Å². The molecule has 0 fully saturated rings. The number of carboxylic acid groups (broad SMARTS) is 2. The van der Waals surface area contributed by atoms with Crippen LogP contribution in [-0.4, -0.2) is 28.1 Å². The molecule has 6 nitrogen and oxygen atoms in total. The predicted molar refractivity (Wildman–Crippen MR) is 140 cm³/mol. The van der Waals surface area contributed by atoms with Crippen molar-refractivity contribution in [3.8, 4) is 0 Å². The number of hydrogen-bond donors (Lipinski definition) is 2. The van der Waals surface area contributed by atoms with Gasteiger partial charge < -0.3 is 14.9 Å². The number of hydrogen-bond acceptors (Lipinski definition) is 4. The van der Waals surface area contributed by atoms with E-state index in [1.54, 1.807) is 6.92 Å². The summed E-state index contributed by atoms with van der Waals surface area (Å²) < 4.78 is 6.16. The van der Waals surface area contributed by atoms with Gasteiger partial charge in [-0.15, -0.1) is 0 Å². The van der Waals surface area contributed by atoms with Crippen LogP contribution in [0.5, 0.6) is 0 Å². The smallest absolute Gasteiger partial charge is 0.312 e. The number of rotatable bonds is 16. The molecule has 2 N–H and O–H groups in total. The van der Waals surface area contributed by atoms with Crippen molar-refractivity contribution in [1.29, 1.82) is 0 Å². The monoisotopic (exact) mass is 496 g/mol. The second kappa shape index (κ2) is 13.8. The van der Waals surface area contributed by atoms with Gasteiger partial charge in [-0.25, -0.2) is 0 Å². The van der Waals surface area contributed by atoms with Gasteiger partial charge >= 0.3 is 17.9 Å². The molecular formula is C30H40O6. The highest BCUT2D eigenvalue weighted by atomic mass is 16.5. The van der Waals surface area contributed by atoms with E-state index in [4.69, 9.17) is 9.84 Å². The van der Waals surface area contributed by atoms with Gasteiger partial charge in [0.05, 0.1) is 10.8 Å². The van der Waals surface area contributed by atoms with Gasteiger partial charge in [-0.1, -0.05) is 93.3 Å². The molecule has 0 saturated carbocycles. The molecule has 0 aliphatic heterocycles. The van der Waals surface area contributed by atoms with Gasteiger partial charge in [-0.2, -0.15) is 0 Å². The molecule has 2 aromatic rings. The van der Waals surface area contributed by atoms with Gasteiger partial charge in [0.1, 0.15) is 0 Å². The van der Waals surface area contributed by atoms with E-state index in [1.807, 2.05) is 74.5 Å². The van der Waals surface area contributed by atoms with E-state index in [0.717, 1.165) is 30.4 Å². The molecule has 0 amide bonds. The third-order valence-electron chi connectivity index (χ3n) is 6.89. The van der Waals surface area contributed by atoms with Crippen LogP contribution in [0.15, 0.2) is 60.7 Å². The minimum atomic E-state index is -1.09. The van der Waals surface area contributed by atoms with Gasteiger partial charge in [0.2, 0.25) is 0 Å². The first-order valence-electron chi connectivity index (χ1n) is 12.9. The second-order valence-electron chi connectivity index (χ2n) is 10.3. The first-order valence-corrected chi connectivity index (χ1v) is 12.9. The van der Waals surface area contributed by atoms with Crippen LogP contribution in [0.2, 0.25) is 0 Å². The fraction of sp³-hybridized carbons (Fsp3) is 0.500. The third kappa shape index (κ3) is 8.51. The average molecular weight is 497 g/mol. The summed E-state index contributed by atoms with van der Waals surface area (Å²) in [5.41, 5.74) is -0.339. The number of carbonyl (C=O) groups is 3. The molecule has 0 aliphatic rings. The van der Waals surface area contributed by atoms with Crippen molar-refractivity contribution in [3.05, 3.63) is 71.8 Å². The molecule has 2 aromatic carbocycles. The maximum Gasteiger partial charge on any atom is 0.312 e. The van der Waals surface area contributed by atoms with Gasteiger partial charge in [0.25, 0.3) is 0 Å². The van der Waals surface area contributed by atoms with Crippen LogP contribution in [0.25, 0.3) is 0 Å². The lowest BCUT2D eigenvalue weighted by molar-refractivity contribution is -0.165. The largest absolute Gasteiger partial charge is 0.481 e. The number of benzene rings is 2. The quantitative estimate of drug-likeness (QED) is 0.191. The van der Waals surface area contributed by atoms with Crippen LogP contribution < -0.4 is 0 Å². The number of ether oxygens (including phenoxy) is 1. The number of aliphatic carboxylic acids is 2. The zero-order valence-corrected chi connectivity index (χ0v) is 21.7. The van der Waals surface area contributed by atoms with Gasteiger partial charge in [0, 0.05) is 6.42 Å². The molecule has 0 aromatic heterocycles. The van der Waals surface area contributed by atoms with E-state index in [1.165, 1.54) is 0 Å². The molecule has 196 valence electrons. The summed E-state index contributed by atoms with van der Waals surface area (Å²) >= 11 is 0. The Morgan fingerprint density at radius 2 is 1.31 bits per heavy atom. The summed E-state index contributed by atoms with van der Waals surface area (Å²) in [6.45, 7) is 5.51. The maximum atomic E-state index is 13.7. The molecule has 2 rings (SSSR count). The normalized spacial score (nSPS) is 14.6. The highest BCUT2D eigenvalue weighted by Gasteiger charge is 2.45. The molecule has 2 unspecified atom stereocenters. The lowest BCUT2D eigenvalue weighted by Crippen LogP contribution is -2.40. The van der Waals surface area contributed by atoms with Crippen LogP contribution >= 0.6 is 0 Å². The van der Waals surface area contributed by atoms with Gasteiger partial charge in [-0.05, 0) is 50.7 Å². The molecular weight excluding hydrogens is 456 g/mol. The zero-order valence-electron chi connectivity index (χ0n) is 21.7. The Morgan fingerprint density at radius 3 is 1.78 bits per heavy atom. The van der Waals surface area contributed by atoms with Crippen LogP contribution in [0.4, 0.5) is 0 Å². The van der Waals surface area contributed by atoms with E-state index in [9.17, 15) is 19.5 Å². The Balaban J connectivity index is 2.20. The predicted octanol–water partition coefficient (Wildman–Crippen LogP) is 7.03. The van der Waals surface area contributed by atoms with E-state index in [2.05, 4.69) is 0 Å². The fourth-order valence-corrected chi connectivity index (χ4v) is 4.92. The summed E-state index contributed by atoms with van der Waals surface area (Å²) in [6.07, 6.45) is 4.12. The Labute approximate surface area is 214 Å². The van der Waals surface area contributed by atoms with E-state index in [0.29, 0.717) is 25.7 Å². The van der Waals surface area contributed by atoms with Gasteiger partial charge in [0.15, 0.2) is 6.10 Å². The number of carboxylic acids is 2. The Bertz CT molecular complexity index is 934. The third-order valence-corrected chi connectivity index (χ3v) is 6.89. The lowest BCUT2D eigenvalue weighted by Gasteiger charge is -2.36. The second-order valence-corrected chi connectivity index (χ2v) is 10.3. The van der Waals surface area contributed by atoms with Crippen LogP contribution in [-0.2, 0) is 19.1 Å². The van der Waals surface area contributed by atoms with Crippen molar-refractivity contribution < 1.29 is 29.3 Å². The van der Waals surface area contributed by atoms with Crippen molar-refractivity contribution in [1.82, 2.24) is 0 Å². The van der Waals surface area contributed by atoms with Crippen molar-refractivity contribution >= 4 is 17.9 Å². The summed E-state index contributed by atoms with van der Waals surface area (Å²) in [5.74, 6) is -2.13. The summed E-state index contributed by atoms with van der Waals surface area (Å²) in [6, 6.07) is 19.1. The molecule has 6 heteroatoms. The molecule has 36 heavy (non-hydrogen) atoms. The Kier molecular flexibility index (Phi) is 11.2. The van der Waals surface area contributed by atoms with Crippen molar-refractivity contribution in [2.24, 2.45) is 10.8 Å². The highest BCUT2D eigenvalue weighted by Crippen LogP contribution is 2.43. The average Bonchev–Trinajstić information content (AvgIpc) is 2.85. The Hall–Kier alpha value is -3.15. The summed E-state index contributed by atoms with van der Waals surface area (Å²) in [7, 11) is 0. The van der Waals surface area contributed by atoms with Crippen LogP contribution in [0.3, 0.4) is 0 Å². The molecule has 0 heterocycles. The topological polar surface area (TPSA) is 101 Å². The first kappa shape index (κ1) is 29.1. The molecule has 0 saturated heterocycles. The molecule has 2 atom stereocenters. The molecule has 0 radical (unpaired) electrons. The van der Waals surface area contributed by atoms with Gasteiger partial charge in [-0.3, -0.25) is 14.4 Å². The standard InChI is InChI=1S/C30H40O6/c1-4-20-30(3,22-29(2,27(33)34)21-14-6-5-13-19-25(31)32)28(35)36-26(23-15-9-7-10-16-23)24-17-11-8-12-18-24/h7-12,15-18,26H,4-6,13-14,19-22H2,1-3H3,(H,31,32)(H,33,34). The number of unbranched alkanes of at least 4 members (excludes halogenated alkanes) is 3. The fourth-order valence-electron chi connectivity index (χ4n) is 4.92. The Morgan fingerprint density at radius 1 is 0.778 bits per heavy atom. The van der Waals surface area contributed by atoms with Crippen molar-refractivity contribution in [2.75, 3.05) is 0 Å². The first-order chi connectivity index (χ1) is 17.1. The minimum absolute atomic E-state index is 0.126. The number of carbonyl (C=O) groups excluding carboxylic acids is 1. The number of esters is 1. The summed E-state index contributed by atoms with van der Waals surface area (Å²) in [5, 5.41) is 18.9. The highest BCUT2D eigenvalue weighted by molar-refractivity contribution is 5.80. The van der Waals surface area contributed by atoms with Crippen LogP contribution in [0, 0.1) is 10.8 Å². The molecule has 0 bridgehead atoms. The van der Waals surface area contributed by atoms with Crippen molar-refractivity contribution in [2.45, 2.75) is 84.7 Å². The van der Waals surface area contributed by atoms with E-state index < -0.39 is 34.8 Å². The minimum Gasteiger partial charge on any atom is -0.481 e. The maximum absolute atomic E-state index is 13.7.